The summed E-state index contributed by atoms with van der Waals surface area (Å²) in [6, 6.07) is 19.6. The molecule has 1 heterocycles. The van der Waals surface area contributed by atoms with Crippen molar-refractivity contribution >= 4 is 38.8 Å². The molecule has 3 aromatic carbocycles. The molecule has 1 amide bonds. The normalized spacial score (nSPS) is 10.8. The van der Waals surface area contributed by atoms with Crippen LogP contribution in [-0.4, -0.2) is 25.0 Å². The number of benzene rings is 3. The van der Waals surface area contributed by atoms with Gasteiger partial charge in [-0.15, -0.1) is 0 Å². The van der Waals surface area contributed by atoms with Gasteiger partial charge in [-0.1, -0.05) is 46.3 Å². The number of ether oxygens (including phenoxy) is 2. The number of carbonyl (C=O) groups is 2. The topological polar surface area (TPSA) is 94.8 Å². The Morgan fingerprint density at radius 1 is 0.972 bits per heavy atom. The Morgan fingerprint density at radius 2 is 1.69 bits per heavy atom. The molecule has 0 aliphatic heterocycles. The largest absolute Gasteiger partial charge is 0.481 e. The lowest BCUT2D eigenvalue weighted by Gasteiger charge is -2.12. The van der Waals surface area contributed by atoms with Gasteiger partial charge in [0.2, 0.25) is 0 Å². The number of amides is 1. The van der Waals surface area contributed by atoms with Crippen molar-refractivity contribution in [3.63, 3.8) is 0 Å². The predicted octanol–water partition coefficient (Wildman–Crippen LogP) is 5.13. The molecule has 0 atom stereocenters. The van der Waals surface area contributed by atoms with Crippen molar-refractivity contribution in [1.29, 1.82) is 0 Å². The first-order valence-corrected chi connectivity index (χ1v) is 12.1. The highest BCUT2D eigenvalue weighted by atomic mass is 79.9. The van der Waals surface area contributed by atoms with Gasteiger partial charge in [0, 0.05) is 22.5 Å². The third-order valence-electron chi connectivity index (χ3n) is 5.49. The average molecular weight is 550 g/mol. The van der Waals surface area contributed by atoms with Crippen LogP contribution in [0.4, 0.5) is 0 Å². The van der Waals surface area contributed by atoms with Crippen molar-refractivity contribution in [2.45, 2.75) is 20.3 Å². The fourth-order valence-corrected chi connectivity index (χ4v) is 4.48. The molecular formula is C28H24BrNO6. The average Bonchev–Trinajstić information content (AvgIpc) is 2.83. The lowest BCUT2D eigenvalue weighted by molar-refractivity contribution is -0.136. The van der Waals surface area contributed by atoms with E-state index in [1.807, 2.05) is 56.3 Å². The molecule has 0 radical (unpaired) electrons. The molecule has 4 rings (SSSR count). The molecule has 7 nitrogen and oxygen atoms in total. The summed E-state index contributed by atoms with van der Waals surface area (Å²) in [4.78, 5) is 37.3. The molecule has 0 unspecified atom stereocenters. The number of nitrogens with one attached hydrogen (secondary N) is 1. The van der Waals surface area contributed by atoms with Crippen LogP contribution in [0.25, 0.3) is 11.0 Å². The zero-order valence-electron chi connectivity index (χ0n) is 19.8. The molecule has 0 fully saturated rings. The molecule has 1 N–H and O–H groups in total. The number of fused-ring (bicyclic) bond motifs is 1. The summed E-state index contributed by atoms with van der Waals surface area (Å²) >= 11 is 3.43. The Morgan fingerprint density at radius 3 is 2.42 bits per heavy atom. The quantitative estimate of drug-likeness (QED) is 0.186. The first-order chi connectivity index (χ1) is 17.3. The lowest BCUT2D eigenvalue weighted by Crippen LogP contribution is -2.29. The van der Waals surface area contributed by atoms with Gasteiger partial charge in [0.25, 0.3) is 5.91 Å². The van der Waals surface area contributed by atoms with Gasteiger partial charge >= 0.3 is 11.6 Å². The summed E-state index contributed by atoms with van der Waals surface area (Å²) in [6.07, 6.45) is 0.644. The Balaban J connectivity index is 1.39. The molecular weight excluding hydrogens is 526 g/mol. The van der Waals surface area contributed by atoms with Crippen LogP contribution in [-0.2, 0) is 11.2 Å². The molecule has 0 aliphatic rings. The minimum absolute atomic E-state index is 0.0889. The first kappa shape index (κ1) is 25.2. The van der Waals surface area contributed by atoms with Crippen molar-refractivity contribution in [2.24, 2.45) is 0 Å². The van der Waals surface area contributed by atoms with Gasteiger partial charge in [0.1, 0.15) is 22.6 Å². The van der Waals surface area contributed by atoms with E-state index >= 15 is 0 Å². The van der Waals surface area contributed by atoms with Crippen molar-refractivity contribution in [3.8, 4) is 11.5 Å². The zero-order valence-corrected chi connectivity index (χ0v) is 21.4. The molecule has 36 heavy (non-hydrogen) atoms. The van der Waals surface area contributed by atoms with Crippen LogP contribution in [0.3, 0.4) is 0 Å². The molecule has 0 bridgehead atoms. The van der Waals surface area contributed by atoms with E-state index in [1.54, 1.807) is 12.1 Å². The van der Waals surface area contributed by atoms with Gasteiger partial charge < -0.3 is 19.2 Å². The smallest absolute Gasteiger partial charge is 0.349 e. The molecule has 184 valence electrons. The summed E-state index contributed by atoms with van der Waals surface area (Å²) in [6.45, 7) is 3.88. The van der Waals surface area contributed by atoms with Crippen LogP contribution >= 0.6 is 15.9 Å². The summed E-state index contributed by atoms with van der Waals surface area (Å²) in [5.41, 5.74) is 2.20. The Kier molecular flexibility index (Phi) is 7.85. The predicted molar refractivity (Wildman–Crippen MR) is 140 cm³/mol. The van der Waals surface area contributed by atoms with E-state index < -0.39 is 17.5 Å². The van der Waals surface area contributed by atoms with Crippen LogP contribution in [0.2, 0.25) is 0 Å². The fraction of sp³-hybridized carbons (Fsp3) is 0.179. The number of aryl methyl sites for hydroxylation is 2. The number of carbonyl (C=O) groups excluding carboxylic acids is 2. The maximum Gasteiger partial charge on any atom is 0.349 e. The zero-order chi connectivity index (χ0) is 25.7. The molecule has 0 spiro atoms. The molecule has 8 heteroatoms. The molecule has 0 aliphatic carbocycles. The number of hydrogen-bond donors (Lipinski definition) is 1. The fourth-order valence-electron chi connectivity index (χ4n) is 3.79. The number of rotatable bonds is 8. The van der Waals surface area contributed by atoms with E-state index in [4.69, 9.17) is 13.9 Å². The number of hydrogen-bond acceptors (Lipinski definition) is 6. The van der Waals surface area contributed by atoms with E-state index in [1.165, 1.54) is 12.1 Å². The number of halogens is 1. The van der Waals surface area contributed by atoms with E-state index in [9.17, 15) is 14.4 Å². The minimum atomic E-state index is -0.771. The summed E-state index contributed by atoms with van der Waals surface area (Å²) in [7, 11) is 0. The van der Waals surface area contributed by atoms with Crippen molar-refractivity contribution in [2.75, 3.05) is 13.2 Å². The Labute approximate surface area is 216 Å². The molecule has 0 saturated heterocycles. The van der Waals surface area contributed by atoms with E-state index in [-0.39, 0.29) is 23.5 Å². The van der Waals surface area contributed by atoms with Crippen molar-refractivity contribution in [3.05, 3.63) is 104 Å². The summed E-state index contributed by atoms with van der Waals surface area (Å²) < 4.78 is 17.3. The number of esters is 1. The second-order valence-electron chi connectivity index (χ2n) is 8.27. The highest BCUT2D eigenvalue weighted by Gasteiger charge is 2.15. The van der Waals surface area contributed by atoms with E-state index in [2.05, 4.69) is 21.2 Å². The molecule has 4 aromatic rings. The second kappa shape index (κ2) is 11.2. The summed E-state index contributed by atoms with van der Waals surface area (Å²) in [5.74, 6) is -0.293. The maximum atomic E-state index is 12.5. The van der Waals surface area contributed by atoms with Crippen LogP contribution in [0, 0.1) is 13.8 Å². The van der Waals surface area contributed by atoms with Gasteiger partial charge in [-0.05, 0) is 67.3 Å². The monoisotopic (exact) mass is 549 g/mol. The van der Waals surface area contributed by atoms with Gasteiger partial charge in [-0.3, -0.25) is 4.79 Å². The van der Waals surface area contributed by atoms with Gasteiger partial charge in [-0.25, -0.2) is 9.59 Å². The maximum absolute atomic E-state index is 12.5. The summed E-state index contributed by atoms with van der Waals surface area (Å²) in [5, 5.41) is 3.27. The molecule has 0 saturated carbocycles. The van der Waals surface area contributed by atoms with Crippen molar-refractivity contribution in [1.82, 2.24) is 5.32 Å². The Hall–Kier alpha value is -3.91. The Bertz CT molecular complexity index is 1460. The van der Waals surface area contributed by atoms with Gasteiger partial charge in [-0.2, -0.15) is 0 Å². The third kappa shape index (κ3) is 6.20. The highest BCUT2D eigenvalue weighted by molar-refractivity contribution is 9.10. The van der Waals surface area contributed by atoms with Crippen LogP contribution < -0.4 is 20.4 Å². The first-order valence-electron chi connectivity index (χ1n) is 11.3. The second-order valence-corrected chi connectivity index (χ2v) is 9.19. The molecule has 1 aromatic heterocycles. The van der Waals surface area contributed by atoms with E-state index in [0.717, 1.165) is 21.2 Å². The van der Waals surface area contributed by atoms with Crippen LogP contribution in [0.5, 0.6) is 11.5 Å². The minimum Gasteiger partial charge on any atom is -0.481 e. The third-order valence-corrected chi connectivity index (χ3v) is 5.94. The van der Waals surface area contributed by atoms with Crippen LogP contribution in [0.1, 0.15) is 27.0 Å². The SMILES string of the molecule is Cc1cc(Br)cc(C)c1OCC(=O)Oc1ccc2cc(C(=O)NCCc3ccccc3)c(=O)oc2c1. The van der Waals surface area contributed by atoms with Crippen LogP contribution in [0.15, 0.2) is 80.4 Å². The highest BCUT2D eigenvalue weighted by Crippen LogP contribution is 2.27. The van der Waals surface area contributed by atoms with E-state index in [0.29, 0.717) is 24.1 Å². The van der Waals surface area contributed by atoms with Gasteiger partial charge in [0.15, 0.2) is 6.61 Å². The standard InChI is InChI=1S/C28H24BrNO6/c1-17-12-21(29)13-18(2)26(17)34-16-25(31)35-22-9-8-20-14-23(28(33)36-24(20)15-22)27(32)30-11-10-19-6-4-3-5-7-19/h3-9,12-15H,10-11,16H2,1-2H3,(H,30,32). The lowest BCUT2D eigenvalue weighted by atomic mass is 10.1. The van der Waals surface area contributed by atoms with Crippen molar-refractivity contribution < 1.29 is 23.5 Å². The van der Waals surface area contributed by atoms with Gasteiger partial charge in [0.05, 0.1) is 0 Å².